The van der Waals surface area contributed by atoms with E-state index >= 15 is 0 Å². The van der Waals surface area contributed by atoms with E-state index in [1.54, 1.807) is 0 Å². The Bertz CT molecular complexity index is 1290. The predicted molar refractivity (Wildman–Crippen MR) is 172 cm³/mol. The molecule has 244 valence electrons. The lowest BCUT2D eigenvalue weighted by Gasteiger charge is -2.29. The molecule has 1 aromatic carbocycles. The number of H-pyrrole nitrogens is 1. The Balaban J connectivity index is 2.11. The van der Waals surface area contributed by atoms with E-state index < -0.39 is 42.8 Å². The van der Waals surface area contributed by atoms with Gasteiger partial charge < -0.3 is 23.9 Å². The molecule has 0 saturated heterocycles. The lowest BCUT2D eigenvalue weighted by Crippen LogP contribution is -2.43. The second-order valence-electron chi connectivity index (χ2n) is 13.2. The van der Waals surface area contributed by atoms with Crippen LogP contribution < -0.4 is 5.32 Å². The third-order valence-electron chi connectivity index (χ3n) is 9.30. The number of benzene rings is 1. The van der Waals surface area contributed by atoms with Gasteiger partial charge in [-0.05, 0) is 55.7 Å². The van der Waals surface area contributed by atoms with E-state index in [1.165, 1.54) is 39.3 Å². The maximum atomic E-state index is 13.5. The van der Waals surface area contributed by atoms with E-state index in [0.29, 0.717) is 44.9 Å². The molecule has 2 aromatic rings. The molecule has 9 nitrogen and oxygen atoms in total. The van der Waals surface area contributed by atoms with Crippen LogP contribution in [0, 0.1) is 10.8 Å². The highest BCUT2D eigenvalue weighted by Crippen LogP contribution is 2.38. The number of esters is 4. The summed E-state index contributed by atoms with van der Waals surface area (Å²) in [5, 5.41) is 2.35. The first-order chi connectivity index (χ1) is 20.9. The van der Waals surface area contributed by atoms with E-state index in [9.17, 15) is 19.2 Å². The standard InChI is InChI=1S/C34H51NO8Si/c1-40-29(36)33(30(37)41-2)20-13-9-8-12-18-25-27-24(17-16-19-26(27)35-28(25)44(5,6)7)23-34(31(38)42-3,32(39)43-4)22-15-11-10-14-21-33/h16-17,19,35H,8-15,18,20-23H2,1-7H3. The molecule has 0 radical (unpaired) electrons. The summed E-state index contributed by atoms with van der Waals surface area (Å²) in [4.78, 5) is 56.7. The summed E-state index contributed by atoms with van der Waals surface area (Å²) in [6.07, 6.45) is 7.91. The number of ether oxygens (including phenoxy) is 4. The lowest BCUT2D eigenvalue weighted by molar-refractivity contribution is -0.172. The van der Waals surface area contributed by atoms with Gasteiger partial charge in [-0.2, -0.15) is 0 Å². The Morgan fingerprint density at radius 3 is 1.59 bits per heavy atom. The van der Waals surface area contributed by atoms with Crippen molar-refractivity contribution in [3.8, 4) is 0 Å². The van der Waals surface area contributed by atoms with E-state index in [1.807, 2.05) is 12.1 Å². The molecule has 1 heterocycles. The lowest BCUT2D eigenvalue weighted by atomic mass is 9.75. The molecular formula is C34H51NO8Si. The number of hydrogen-bond acceptors (Lipinski definition) is 8. The minimum Gasteiger partial charge on any atom is -0.468 e. The number of rotatable bonds is 5. The van der Waals surface area contributed by atoms with Gasteiger partial charge >= 0.3 is 23.9 Å². The van der Waals surface area contributed by atoms with Gasteiger partial charge in [0.25, 0.3) is 0 Å². The number of methoxy groups -OCH3 is 4. The van der Waals surface area contributed by atoms with Crippen LogP contribution >= 0.6 is 0 Å². The van der Waals surface area contributed by atoms with Gasteiger partial charge in [0.15, 0.2) is 10.8 Å². The number of aryl methyl sites for hydroxylation is 1. The molecular weight excluding hydrogens is 578 g/mol. The van der Waals surface area contributed by atoms with Gasteiger partial charge in [0.05, 0.1) is 36.5 Å². The highest BCUT2D eigenvalue weighted by molar-refractivity contribution is 6.88. The minimum absolute atomic E-state index is 0.174. The molecule has 0 bridgehead atoms. The molecule has 0 saturated carbocycles. The molecule has 0 aliphatic heterocycles. The largest absolute Gasteiger partial charge is 0.468 e. The van der Waals surface area contributed by atoms with Crippen molar-refractivity contribution >= 4 is 48.2 Å². The topological polar surface area (TPSA) is 121 Å². The van der Waals surface area contributed by atoms with Crippen molar-refractivity contribution in [3.05, 3.63) is 29.3 Å². The number of nitrogens with one attached hydrogen (secondary N) is 1. The van der Waals surface area contributed by atoms with Crippen molar-refractivity contribution in [2.45, 2.75) is 103 Å². The van der Waals surface area contributed by atoms with E-state index in [2.05, 4.69) is 30.7 Å². The van der Waals surface area contributed by atoms with Gasteiger partial charge in [0.1, 0.15) is 0 Å². The first kappa shape index (κ1) is 35.3. The Kier molecular flexibility index (Phi) is 12.2. The molecule has 0 unspecified atom stereocenters. The predicted octanol–water partition coefficient (Wildman–Crippen LogP) is 5.77. The Morgan fingerprint density at radius 2 is 1.11 bits per heavy atom. The van der Waals surface area contributed by atoms with Crippen molar-refractivity contribution in [1.29, 1.82) is 0 Å². The molecule has 0 spiro atoms. The summed E-state index contributed by atoms with van der Waals surface area (Å²) >= 11 is 0. The summed E-state index contributed by atoms with van der Waals surface area (Å²) in [5.41, 5.74) is 0.356. The van der Waals surface area contributed by atoms with Crippen molar-refractivity contribution in [3.63, 3.8) is 0 Å². The smallest absolute Gasteiger partial charge is 0.323 e. The maximum Gasteiger partial charge on any atom is 0.323 e. The highest BCUT2D eigenvalue weighted by Gasteiger charge is 2.49. The average molecular weight is 630 g/mol. The fourth-order valence-electron chi connectivity index (χ4n) is 6.97. The van der Waals surface area contributed by atoms with Crippen LogP contribution in [0.5, 0.6) is 0 Å². The fourth-order valence-corrected chi connectivity index (χ4v) is 8.63. The van der Waals surface area contributed by atoms with E-state index in [0.717, 1.165) is 42.1 Å². The molecule has 1 aliphatic carbocycles. The molecule has 1 N–H and O–H groups in total. The van der Waals surface area contributed by atoms with Crippen LogP contribution in [-0.2, 0) is 51.0 Å². The Labute approximate surface area is 262 Å². The quantitative estimate of drug-likeness (QED) is 0.192. The second kappa shape index (κ2) is 15.2. The second-order valence-corrected chi connectivity index (χ2v) is 18.2. The van der Waals surface area contributed by atoms with Crippen molar-refractivity contribution in [2.75, 3.05) is 28.4 Å². The van der Waals surface area contributed by atoms with Crippen molar-refractivity contribution in [2.24, 2.45) is 10.8 Å². The summed E-state index contributed by atoms with van der Waals surface area (Å²) in [6.45, 7) is 6.93. The summed E-state index contributed by atoms with van der Waals surface area (Å²) in [7, 11) is 3.44. The van der Waals surface area contributed by atoms with Gasteiger partial charge in [-0.25, -0.2) is 0 Å². The monoisotopic (exact) mass is 629 g/mol. The van der Waals surface area contributed by atoms with E-state index in [4.69, 9.17) is 18.9 Å². The van der Waals surface area contributed by atoms with Crippen LogP contribution in [0.25, 0.3) is 10.9 Å². The molecule has 0 atom stereocenters. The van der Waals surface area contributed by atoms with Crippen LogP contribution in [0.15, 0.2) is 18.2 Å². The zero-order chi connectivity index (χ0) is 32.5. The van der Waals surface area contributed by atoms with E-state index in [-0.39, 0.29) is 12.8 Å². The molecule has 3 rings (SSSR count). The zero-order valence-electron chi connectivity index (χ0n) is 27.7. The normalized spacial score (nSPS) is 18.3. The first-order valence-electron chi connectivity index (χ1n) is 15.9. The summed E-state index contributed by atoms with van der Waals surface area (Å²) in [6, 6.07) is 6.06. The number of aromatic nitrogens is 1. The van der Waals surface area contributed by atoms with Crippen LogP contribution in [0.1, 0.15) is 81.8 Å². The number of carbonyl (C=O) groups is 4. The molecule has 44 heavy (non-hydrogen) atoms. The third kappa shape index (κ3) is 7.38. The SMILES string of the molecule is COC(=O)C1(C(=O)OC)CCCCCCc2c([Si](C)(C)C)[nH]c3cccc(c23)CC(C(=O)OC)(C(=O)OC)CCCCCC1. The highest BCUT2D eigenvalue weighted by atomic mass is 28.3. The van der Waals surface area contributed by atoms with Crippen molar-refractivity contribution < 1.29 is 38.1 Å². The summed E-state index contributed by atoms with van der Waals surface area (Å²) < 4.78 is 20.7. The molecule has 1 aromatic heterocycles. The average Bonchev–Trinajstić information content (AvgIpc) is 3.40. The van der Waals surface area contributed by atoms with Crippen LogP contribution in [0.4, 0.5) is 0 Å². The third-order valence-corrected chi connectivity index (χ3v) is 11.2. The Morgan fingerprint density at radius 1 is 0.659 bits per heavy atom. The number of aromatic amines is 1. The maximum absolute atomic E-state index is 13.5. The van der Waals surface area contributed by atoms with Crippen LogP contribution in [0.2, 0.25) is 19.6 Å². The van der Waals surface area contributed by atoms with Gasteiger partial charge in [-0.1, -0.05) is 76.7 Å². The summed E-state index contributed by atoms with van der Waals surface area (Å²) in [5.74, 6) is -2.32. The molecule has 0 fully saturated rings. The minimum atomic E-state index is -1.79. The molecule has 1 aliphatic rings. The van der Waals surface area contributed by atoms with Gasteiger partial charge in [-0.3, -0.25) is 19.2 Å². The van der Waals surface area contributed by atoms with Crippen LogP contribution in [-0.4, -0.2) is 65.4 Å². The van der Waals surface area contributed by atoms with Gasteiger partial charge in [0, 0.05) is 16.2 Å². The number of hydrogen-bond donors (Lipinski definition) is 1. The zero-order valence-corrected chi connectivity index (χ0v) is 28.7. The first-order valence-corrected chi connectivity index (χ1v) is 19.4. The van der Waals surface area contributed by atoms with Gasteiger partial charge in [-0.15, -0.1) is 0 Å². The molecule has 10 heteroatoms. The Hall–Kier alpha value is -3.14. The molecule has 0 amide bonds. The van der Waals surface area contributed by atoms with Gasteiger partial charge in [0.2, 0.25) is 0 Å². The fraction of sp³-hybridized carbons (Fsp3) is 0.647. The van der Waals surface area contributed by atoms with Crippen molar-refractivity contribution in [1.82, 2.24) is 4.98 Å². The number of carbonyl (C=O) groups excluding carboxylic acids is 4. The van der Waals surface area contributed by atoms with Crippen LogP contribution in [0.3, 0.4) is 0 Å².